The molecule has 1 aliphatic carbocycles. The molecule has 5 heteroatoms. The van der Waals surface area contributed by atoms with Crippen LogP contribution in [0.25, 0.3) is 0 Å². The summed E-state index contributed by atoms with van der Waals surface area (Å²) in [5, 5.41) is 3.22. The first-order valence-corrected chi connectivity index (χ1v) is 8.21. The highest BCUT2D eigenvalue weighted by Crippen LogP contribution is 2.36. The lowest BCUT2D eigenvalue weighted by atomic mass is 9.97. The maximum Gasteiger partial charge on any atom is 0.318 e. The third kappa shape index (κ3) is 3.40. The molecular weight excluding hydrogens is 278 g/mol. The fraction of sp³-hybridized carbons (Fsp3) is 0.647. The number of morpholine rings is 1. The minimum Gasteiger partial charge on any atom is -0.377 e. The molecular formula is C17H25N3O2. The van der Waals surface area contributed by atoms with Crippen LogP contribution in [-0.2, 0) is 4.74 Å². The molecule has 0 bridgehead atoms. The highest BCUT2D eigenvalue weighted by Gasteiger charge is 2.39. The lowest BCUT2D eigenvalue weighted by molar-refractivity contribution is 0.00378. The van der Waals surface area contributed by atoms with Crippen LogP contribution in [0.3, 0.4) is 0 Å². The predicted molar refractivity (Wildman–Crippen MR) is 84.4 cm³/mol. The zero-order valence-corrected chi connectivity index (χ0v) is 13.4. The summed E-state index contributed by atoms with van der Waals surface area (Å²) < 4.78 is 5.57. The van der Waals surface area contributed by atoms with Crippen molar-refractivity contribution in [3.8, 4) is 0 Å². The van der Waals surface area contributed by atoms with Crippen molar-refractivity contribution in [3.05, 3.63) is 30.1 Å². The van der Waals surface area contributed by atoms with E-state index in [1.165, 1.54) is 12.8 Å². The van der Waals surface area contributed by atoms with E-state index in [1.807, 2.05) is 17.0 Å². The number of nitrogens with zero attached hydrogens (tertiary/aromatic N) is 2. The SMILES string of the molecule is CC(C)[C@@H](NC(=O)N1CCOC[C@H]1C1CC1)c1ccncc1. The van der Waals surface area contributed by atoms with Gasteiger partial charge in [0.25, 0.3) is 0 Å². The van der Waals surface area contributed by atoms with Crippen LogP contribution in [0.4, 0.5) is 4.79 Å². The second kappa shape index (κ2) is 6.65. The molecule has 0 aromatic carbocycles. The molecule has 3 rings (SSSR count). The fourth-order valence-electron chi connectivity index (χ4n) is 3.17. The second-order valence-corrected chi connectivity index (χ2v) is 6.62. The summed E-state index contributed by atoms with van der Waals surface area (Å²) in [6.45, 7) is 6.26. The summed E-state index contributed by atoms with van der Waals surface area (Å²) in [4.78, 5) is 18.8. The van der Waals surface area contributed by atoms with Gasteiger partial charge in [0, 0.05) is 18.9 Å². The molecule has 22 heavy (non-hydrogen) atoms. The van der Waals surface area contributed by atoms with Gasteiger partial charge in [0.1, 0.15) is 0 Å². The van der Waals surface area contributed by atoms with Crippen molar-refractivity contribution in [1.82, 2.24) is 15.2 Å². The Balaban J connectivity index is 1.70. The number of carbonyl (C=O) groups is 1. The van der Waals surface area contributed by atoms with E-state index in [2.05, 4.69) is 24.1 Å². The van der Waals surface area contributed by atoms with Gasteiger partial charge in [-0.15, -0.1) is 0 Å². The van der Waals surface area contributed by atoms with Crippen LogP contribution in [0.1, 0.15) is 38.3 Å². The maximum absolute atomic E-state index is 12.8. The number of amides is 2. The molecule has 1 saturated carbocycles. The number of nitrogens with one attached hydrogen (secondary N) is 1. The topological polar surface area (TPSA) is 54.5 Å². The van der Waals surface area contributed by atoms with E-state index in [9.17, 15) is 4.79 Å². The number of pyridine rings is 1. The zero-order valence-electron chi connectivity index (χ0n) is 13.4. The van der Waals surface area contributed by atoms with E-state index < -0.39 is 0 Å². The van der Waals surface area contributed by atoms with Gasteiger partial charge in [0.15, 0.2) is 0 Å². The maximum atomic E-state index is 12.8. The van der Waals surface area contributed by atoms with Crippen LogP contribution in [0.15, 0.2) is 24.5 Å². The Morgan fingerprint density at radius 1 is 1.36 bits per heavy atom. The summed E-state index contributed by atoms with van der Waals surface area (Å²) in [6, 6.07) is 4.25. The minimum absolute atomic E-state index is 0.0122. The number of ether oxygens (including phenoxy) is 1. The number of rotatable bonds is 4. The lowest BCUT2D eigenvalue weighted by Gasteiger charge is -2.37. The number of aromatic nitrogens is 1. The van der Waals surface area contributed by atoms with Crippen molar-refractivity contribution in [1.29, 1.82) is 0 Å². The van der Waals surface area contributed by atoms with E-state index in [-0.39, 0.29) is 18.1 Å². The van der Waals surface area contributed by atoms with Crippen LogP contribution in [0.5, 0.6) is 0 Å². The molecule has 2 heterocycles. The minimum atomic E-state index is 0.0122. The predicted octanol–water partition coefficient (Wildman–Crippen LogP) is 2.60. The number of hydrogen-bond acceptors (Lipinski definition) is 3. The molecule has 2 atom stereocenters. The molecule has 1 saturated heterocycles. The van der Waals surface area contributed by atoms with Gasteiger partial charge in [0.05, 0.1) is 25.3 Å². The van der Waals surface area contributed by atoms with Crippen molar-refractivity contribution >= 4 is 6.03 Å². The van der Waals surface area contributed by atoms with Crippen molar-refractivity contribution in [2.45, 2.75) is 38.8 Å². The zero-order chi connectivity index (χ0) is 15.5. The normalized spacial score (nSPS) is 23.4. The van der Waals surface area contributed by atoms with Crippen molar-refractivity contribution < 1.29 is 9.53 Å². The van der Waals surface area contributed by atoms with Crippen molar-refractivity contribution in [2.24, 2.45) is 11.8 Å². The molecule has 120 valence electrons. The fourth-order valence-corrected chi connectivity index (χ4v) is 3.17. The standard InChI is InChI=1S/C17H25N3O2/c1-12(2)16(14-5-7-18-8-6-14)19-17(21)20-9-10-22-11-15(20)13-3-4-13/h5-8,12-13,15-16H,3-4,9-11H2,1-2H3,(H,19,21)/t15-,16+/m0/s1. The van der Waals surface area contributed by atoms with E-state index in [1.54, 1.807) is 12.4 Å². The average molecular weight is 303 g/mol. The second-order valence-electron chi connectivity index (χ2n) is 6.62. The number of hydrogen-bond donors (Lipinski definition) is 1. The summed E-state index contributed by atoms with van der Waals surface area (Å²) in [6.07, 6.45) is 5.99. The molecule has 2 fully saturated rings. The van der Waals surface area contributed by atoms with E-state index in [0.717, 1.165) is 5.56 Å². The average Bonchev–Trinajstić information content (AvgIpc) is 3.38. The summed E-state index contributed by atoms with van der Waals surface area (Å²) in [7, 11) is 0. The van der Waals surface area contributed by atoms with Gasteiger partial charge in [0.2, 0.25) is 0 Å². The Labute approximate surface area is 132 Å². The van der Waals surface area contributed by atoms with Crippen LogP contribution in [-0.4, -0.2) is 41.7 Å². The van der Waals surface area contributed by atoms with Gasteiger partial charge in [-0.25, -0.2) is 4.79 Å². The monoisotopic (exact) mass is 303 g/mol. The van der Waals surface area contributed by atoms with Gasteiger partial charge in [-0.1, -0.05) is 13.8 Å². The number of carbonyl (C=O) groups excluding carboxylic acids is 1. The van der Waals surface area contributed by atoms with Crippen LogP contribution in [0.2, 0.25) is 0 Å². The van der Waals surface area contributed by atoms with E-state index in [0.29, 0.717) is 31.6 Å². The molecule has 0 spiro atoms. The Hall–Kier alpha value is -1.62. The van der Waals surface area contributed by atoms with Gasteiger partial charge in [-0.3, -0.25) is 4.98 Å². The van der Waals surface area contributed by atoms with Crippen LogP contribution >= 0.6 is 0 Å². The highest BCUT2D eigenvalue weighted by molar-refractivity contribution is 5.75. The summed E-state index contributed by atoms with van der Waals surface area (Å²) >= 11 is 0. The van der Waals surface area contributed by atoms with Crippen molar-refractivity contribution in [2.75, 3.05) is 19.8 Å². The molecule has 0 radical (unpaired) electrons. The third-order valence-electron chi connectivity index (χ3n) is 4.60. The van der Waals surface area contributed by atoms with Crippen LogP contribution < -0.4 is 5.32 Å². The molecule has 1 aliphatic heterocycles. The summed E-state index contributed by atoms with van der Waals surface area (Å²) in [5.41, 5.74) is 1.11. The quantitative estimate of drug-likeness (QED) is 0.930. The molecule has 1 N–H and O–H groups in total. The molecule has 2 amide bonds. The summed E-state index contributed by atoms with van der Waals surface area (Å²) in [5.74, 6) is 0.955. The van der Waals surface area contributed by atoms with Crippen LogP contribution in [0, 0.1) is 11.8 Å². The van der Waals surface area contributed by atoms with Gasteiger partial charge in [-0.2, -0.15) is 0 Å². The van der Waals surface area contributed by atoms with Gasteiger partial charge >= 0.3 is 6.03 Å². The van der Waals surface area contributed by atoms with Gasteiger partial charge in [-0.05, 0) is 42.4 Å². The smallest absolute Gasteiger partial charge is 0.318 e. The Morgan fingerprint density at radius 3 is 2.73 bits per heavy atom. The molecule has 1 aromatic rings. The van der Waals surface area contributed by atoms with Gasteiger partial charge < -0.3 is 15.0 Å². The third-order valence-corrected chi connectivity index (χ3v) is 4.60. The Morgan fingerprint density at radius 2 is 2.09 bits per heavy atom. The highest BCUT2D eigenvalue weighted by atomic mass is 16.5. The first-order valence-electron chi connectivity index (χ1n) is 8.21. The molecule has 0 unspecified atom stereocenters. The van der Waals surface area contributed by atoms with E-state index in [4.69, 9.17) is 4.74 Å². The lowest BCUT2D eigenvalue weighted by Crippen LogP contribution is -2.54. The molecule has 5 nitrogen and oxygen atoms in total. The largest absolute Gasteiger partial charge is 0.377 e. The first kappa shape index (κ1) is 15.3. The van der Waals surface area contributed by atoms with Crippen molar-refractivity contribution in [3.63, 3.8) is 0 Å². The first-order chi connectivity index (χ1) is 10.7. The molecule has 2 aliphatic rings. The number of urea groups is 1. The molecule has 1 aromatic heterocycles. The van der Waals surface area contributed by atoms with E-state index >= 15 is 0 Å². The Bertz CT molecular complexity index is 502. The Kier molecular flexibility index (Phi) is 4.62.